The minimum Gasteiger partial charge on any atom is -0.497 e. The largest absolute Gasteiger partial charge is 0.497 e. The maximum Gasteiger partial charge on any atom is 0.122 e. The van der Waals surface area contributed by atoms with Crippen molar-refractivity contribution >= 4 is 15.9 Å². The van der Waals surface area contributed by atoms with Crippen LogP contribution in [0.4, 0.5) is 0 Å². The average molecular weight is 337 g/mol. The van der Waals surface area contributed by atoms with Crippen LogP contribution in [0.1, 0.15) is 17.2 Å². The van der Waals surface area contributed by atoms with Crippen LogP contribution in [0.15, 0.2) is 46.9 Å². The van der Waals surface area contributed by atoms with Crippen molar-refractivity contribution < 1.29 is 9.47 Å². The number of nitrogens with two attached hydrogens (primary N) is 1. The topological polar surface area (TPSA) is 56.5 Å². The lowest BCUT2D eigenvalue weighted by Crippen LogP contribution is -2.28. The van der Waals surface area contributed by atoms with Gasteiger partial charge in [-0.15, -0.1) is 0 Å². The third kappa shape index (κ3) is 3.30. The van der Waals surface area contributed by atoms with Gasteiger partial charge in [0.15, 0.2) is 0 Å². The molecular weight excluding hydrogens is 320 g/mol. The Labute approximate surface area is 127 Å². The van der Waals surface area contributed by atoms with E-state index >= 15 is 0 Å². The Kier molecular flexibility index (Phi) is 5.00. The number of hydrogen-bond donors (Lipinski definition) is 2. The van der Waals surface area contributed by atoms with Gasteiger partial charge < -0.3 is 9.47 Å². The fraction of sp³-hybridized carbons (Fsp3) is 0.200. The Bertz CT molecular complexity index is 550. The lowest BCUT2D eigenvalue weighted by molar-refractivity contribution is 0.392. The van der Waals surface area contributed by atoms with Crippen LogP contribution in [0.2, 0.25) is 0 Å². The van der Waals surface area contributed by atoms with E-state index in [1.165, 1.54) is 0 Å². The molecule has 0 aliphatic rings. The fourth-order valence-electron chi connectivity index (χ4n) is 2.04. The highest BCUT2D eigenvalue weighted by atomic mass is 79.9. The highest BCUT2D eigenvalue weighted by Crippen LogP contribution is 2.30. The normalized spacial score (nSPS) is 12.0. The van der Waals surface area contributed by atoms with Crippen molar-refractivity contribution in [1.29, 1.82) is 0 Å². The number of hydrazine groups is 1. The SMILES string of the molecule is COc1cc(OC)cc(C(NN)c2ccc(Br)cc2)c1. The first-order chi connectivity index (χ1) is 9.67. The third-order valence-electron chi connectivity index (χ3n) is 3.08. The van der Waals surface area contributed by atoms with Crippen LogP contribution in [0.3, 0.4) is 0 Å². The molecule has 0 saturated carbocycles. The summed E-state index contributed by atoms with van der Waals surface area (Å²) in [6, 6.07) is 13.6. The van der Waals surface area contributed by atoms with Crippen LogP contribution in [0, 0.1) is 0 Å². The Morgan fingerprint density at radius 2 is 1.50 bits per heavy atom. The van der Waals surface area contributed by atoms with Gasteiger partial charge in [0, 0.05) is 10.5 Å². The quantitative estimate of drug-likeness (QED) is 0.651. The molecule has 1 atom stereocenters. The molecule has 0 bridgehead atoms. The van der Waals surface area contributed by atoms with Crippen LogP contribution in [-0.4, -0.2) is 14.2 Å². The van der Waals surface area contributed by atoms with E-state index in [0.29, 0.717) is 0 Å². The second-order valence-electron chi connectivity index (χ2n) is 4.30. The predicted molar refractivity (Wildman–Crippen MR) is 82.9 cm³/mol. The Morgan fingerprint density at radius 3 is 1.95 bits per heavy atom. The van der Waals surface area contributed by atoms with Gasteiger partial charge in [0.25, 0.3) is 0 Å². The Hall–Kier alpha value is -1.56. The van der Waals surface area contributed by atoms with Crippen LogP contribution in [-0.2, 0) is 0 Å². The molecule has 106 valence electrons. The van der Waals surface area contributed by atoms with Crippen molar-refractivity contribution in [2.75, 3.05) is 14.2 Å². The predicted octanol–water partition coefficient (Wildman–Crippen LogP) is 3.02. The lowest BCUT2D eigenvalue weighted by atomic mass is 9.99. The van der Waals surface area contributed by atoms with Crippen molar-refractivity contribution in [2.45, 2.75) is 6.04 Å². The summed E-state index contributed by atoms with van der Waals surface area (Å²) in [6.45, 7) is 0. The van der Waals surface area contributed by atoms with Gasteiger partial charge >= 0.3 is 0 Å². The number of methoxy groups -OCH3 is 2. The standard InChI is InChI=1S/C15H17BrN2O2/c1-19-13-7-11(8-14(9-13)20-2)15(18-17)10-3-5-12(16)6-4-10/h3-9,15,18H,17H2,1-2H3. The molecule has 0 radical (unpaired) electrons. The zero-order chi connectivity index (χ0) is 14.5. The van der Waals surface area contributed by atoms with Gasteiger partial charge in [0.05, 0.1) is 20.3 Å². The second-order valence-corrected chi connectivity index (χ2v) is 5.21. The smallest absolute Gasteiger partial charge is 0.122 e. The number of rotatable bonds is 5. The molecule has 2 aromatic carbocycles. The third-order valence-corrected chi connectivity index (χ3v) is 3.61. The van der Waals surface area contributed by atoms with Crippen molar-refractivity contribution in [1.82, 2.24) is 5.43 Å². The van der Waals surface area contributed by atoms with Crippen molar-refractivity contribution in [2.24, 2.45) is 5.84 Å². The lowest BCUT2D eigenvalue weighted by Gasteiger charge is -2.18. The molecule has 0 aromatic heterocycles. The van der Waals surface area contributed by atoms with Crippen LogP contribution in [0.25, 0.3) is 0 Å². The number of nitrogens with one attached hydrogen (secondary N) is 1. The van der Waals surface area contributed by atoms with Gasteiger partial charge in [-0.25, -0.2) is 5.43 Å². The zero-order valence-electron chi connectivity index (χ0n) is 11.4. The molecule has 0 amide bonds. The molecule has 0 spiro atoms. The van der Waals surface area contributed by atoms with Gasteiger partial charge in [-0.05, 0) is 35.4 Å². The van der Waals surface area contributed by atoms with E-state index in [1.54, 1.807) is 14.2 Å². The summed E-state index contributed by atoms with van der Waals surface area (Å²) >= 11 is 3.43. The number of benzene rings is 2. The van der Waals surface area contributed by atoms with E-state index in [1.807, 2.05) is 42.5 Å². The van der Waals surface area contributed by atoms with E-state index < -0.39 is 0 Å². The molecule has 0 saturated heterocycles. The average Bonchev–Trinajstić information content (AvgIpc) is 2.49. The fourth-order valence-corrected chi connectivity index (χ4v) is 2.30. The molecule has 4 nitrogen and oxygen atoms in total. The Balaban J connectivity index is 2.42. The first kappa shape index (κ1) is 14.8. The summed E-state index contributed by atoms with van der Waals surface area (Å²) in [5.74, 6) is 7.18. The van der Waals surface area contributed by atoms with E-state index in [0.717, 1.165) is 27.1 Å². The summed E-state index contributed by atoms with van der Waals surface area (Å²) in [6.07, 6.45) is 0. The first-order valence-electron chi connectivity index (χ1n) is 6.12. The molecule has 0 fully saturated rings. The molecule has 3 N–H and O–H groups in total. The number of hydrogen-bond acceptors (Lipinski definition) is 4. The summed E-state index contributed by atoms with van der Waals surface area (Å²) in [4.78, 5) is 0. The number of halogens is 1. The summed E-state index contributed by atoms with van der Waals surface area (Å²) in [5.41, 5.74) is 4.87. The van der Waals surface area contributed by atoms with E-state index in [2.05, 4.69) is 21.4 Å². The molecule has 1 unspecified atom stereocenters. The second kappa shape index (κ2) is 6.74. The first-order valence-corrected chi connectivity index (χ1v) is 6.91. The van der Waals surface area contributed by atoms with Gasteiger partial charge in [-0.1, -0.05) is 28.1 Å². The summed E-state index contributed by atoms with van der Waals surface area (Å²) in [5, 5.41) is 0. The van der Waals surface area contributed by atoms with Crippen LogP contribution in [0.5, 0.6) is 11.5 Å². The van der Waals surface area contributed by atoms with Gasteiger partial charge in [-0.3, -0.25) is 5.84 Å². The highest BCUT2D eigenvalue weighted by molar-refractivity contribution is 9.10. The van der Waals surface area contributed by atoms with Gasteiger partial charge in [0.2, 0.25) is 0 Å². The van der Waals surface area contributed by atoms with Crippen LogP contribution < -0.4 is 20.7 Å². The minimum absolute atomic E-state index is 0.132. The molecule has 0 aliphatic heterocycles. The van der Waals surface area contributed by atoms with Crippen molar-refractivity contribution in [3.8, 4) is 11.5 Å². The number of ether oxygens (including phenoxy) is 2. The molecular formula is C15H17BrN2O2. The monoisotopic (exact) mass is 336 g/mol. The van der Waals surface area contributed by atoms with E-state index in [4.69, 9.17) is 15.3 Å². The molecule has 0 aliphatic carbocycles. The zero-order valence-corrected chi connectivity index (χ0v) is 13.0. The highest BCUT2D eigenvalue weighted by Gasteiger charge is 2.14. The molecule has 5 heteroatoms. The van der Waals surface area contributed by atoms with Gasteiger partial charge in [-0.2, -0.15) is 0 Å². The summed E-state index contributed by atoms with van der Waals surface area (Å²) in [7, 11) is 3.26. The Morgan fingerprint density at radius 1 is 0.950 bits per heavy atom. The maximum atomic E-state index is 5.71. The summed E-state index contributed by atoms with van der Waals surface area (Å²) < 4.78 is 11.6. The molecule has 2 aromatic rings. The molecule has 20 heavy (non-hydrogen) atoms. The van der Waals surface area contributed by atoms with E-state index in [-0.39, 0.29) is 6.04 Å². The van der Waals surface area contributed by atoms with Gasteiger partial charge in [0.1, 0.15) is 11.5 Å². The van der Waals surface area contributed by atoms with Crippen molar-refractivity contribution in [3.63, 3.8) is 0 Å². The molecule has 0 heterocycles. The maximum absolute atomic E-state index is 5.71. The van der Waals surface area contributed by atoms with E-state index in [9.17, 15) is 0 Å². The van der Waals surface area contributed by atoms with Crippen LogP contribution >= 0.6 is 15.9 Å². The minimum atomic E-state index is -0.132. The van der Waals surface area contributed by atoms with Crippen molar-refractivity contribution in [3.05, 3.63) is 58.1 Å². The molecule has 2 rings (SSSR count).